The van der Waals surface area contributed by atoms with Gasteiger partial charge in [-0.25, -0.2) is 17.2 Å². The van der Waals surface area contributed by atoms with Crippen LogP contribution in [-0.4, -0.2) is 24.0 Å². The smallest absolute Gasteiger partial charge is 0.263 e. The summed E-state index contributed by atoms with van der Waals surface area (Å²) in [5.74, 6) is 0. The zero-order valence-electron chi connectivity index (χ0n) is 10.8. The van der Waals surface area contributed by atoms with Crippen molar-refractivity contribution in [3.05, 3.63) is 35.4 Å². The molecule has 3 nitrogen and oxygen atoms in total. The van der Waals surface area contributed by atoms with E-state index in [0.717, 1.165) is 0 Å². The summed E-state index contributed by atoms with van der Waals surface area (Å²) in [5.41, 5.74) is -1.04. The summed E-state index contributed by atoms with van der Waals surface area (Å²) in [6, 6.07) is 5.69. The Balaban J connectivity index is 1.97. The zero-order valence-corrected chi connectivity index (χ0v) is 11.6. The van der Waals surface area contributed by atoms with Gasteiger partial charge in [-0.15, -0.1) is 0 Å². The second-order valence-electron chi connectivity index (χ2n) is 5.78. The monoisotopic (exact) mass is 302 g/mol. The van der Waals surface area contributed by atoms with Crippen molar-refractivity contribution in [1.82, 2.24) is 0 Å². The third kappa shape index (κ3) is 2.05. The lowest BCUT2D eigenvalue weighted by atomic mass is 9.85. The van der Waals surface area contributed by atoms with Gasteiger partial charge in [-0.1, -0.05) is 18.2 Å². The lowest BCUT2D eigenvalue weighted by Gasteiger charge is -2.36. The van der Waals surface area contributed by atoms with Crippen LogP contribution in [0.2, 0.25) is 0 Å². The van der Waals surface area contributed by atoms with Gasteiger partial charge in [0.2, 0.25) is 0 Å². The fourth-order valence-corrected chi connectivity index (χ4v) is 5.93. The van der Waals surface area contributed by atoms with Gasteiger partial charge in [-0.05, 0) is 37.3 Å². The molecule has 2 aliphatic heterocycles. The zero-order chi connectivity index (χ0) is 14.5. The number of halogens is 2. The molecule has 0 spiro atoms. The lowest BCUT2D eigenvalue weighted by Crippen LogP contribution is -2.43. The summed E-state index contributed by atoms with van der Waals surface area (Å²) in [6.07, 6.45) is -1.26. The molecule has 6 heteroatoms. The van der Waals surface area contributed by atoms with Crippen molar-refractivity contribution in [3.8, 4) is 0 Å². The molecule has 1 N–H and O–H groups in total. The number of alkyl halides is 2. The summed E-state index contributed by atoms with van der Waals surface area (Å²) >= 11 is 0. The normalized spacial score (nSPS) is 35.4. The van der Waals surface area contributed by atoms with E-state index >= 15 is 0 Å². The minimum atomic E-state index is -3.14. The van der Waals surface area contributed by atoms with Gasteiger partial charge in [0.25, 0.3) is 6.43 Å². The Labute approximate surface area is 116 Å². The average Bonchev–Trinajstić information content (AvgIpc) is 2.59. The summed E-state index contributed by atoms with van der Waals surface area (Å²) in [7, 11) is -3.14. The van der Waals surface area contributed by atoms with E-state index in [-0.39, 0.29) is 18.4 Å². The van der Waals surface area contributed by atoms with Gasteiger partial charge in [-0.2, -0.15) is 0 Å². The van der Waals surface area contributed by atoms with Crippen LogP contribution in [0.4, 0.5) is 8.78 Å². The van der Waals surface area contributed by atoms with Gasteiger partial charge in [-0.3, -0.25) is 0 Å². The minimum absolute atomic E-state index is 0.110. The number of hydrogen-bond acceptors (Lipinski definition) is 3. The van der Waals surface area contributed by atoms with Crippen molar-refractivity contribution in [1.29, 1.82) is 0 Å². The quantitative estimate of drug-likeness (QED) is 0.913. The molecule has 2 saturated heterocycles. The van der Waals surface area contributed by atoms with Gasteiger partial charge in [0.05, 0.1) is 16.1 Å². The first-order chi connectivity index (χ1) is 9.33. The fourth-order valence-electron chi connectivity index (χ4n) is 3.45. The Kier molecular flexibility index (Phi) is 3.14. The van der Waals surface area contributed by atoms with E-state index in [1.807, 2.05) is 0 Å². The highest BCUT2D eigenvalue weighted by Crippen LogP contribution is 2.47. The molecule has 1 aromatic carbocycles. The fraction of sp³-hybridized carbons (Fsp3) is 0.571. The number of rotatable bonds is 2. The summed E-state index contributed by atoms with van der Waals surface area (Å²) < 4.78 is 49.6. The number of benzene rings is 1. The van der Waals surface area contributed by atoms with Crippen molar-refractivity contribution < 1.29 is 22.3 Å². The molecular formula is C14H16F2O3S. The highest BCUT2D eigenvalue weighted by Gasteiger charge is 2.53. The molecule has 3 rings (SSSR count). The van der Waals surface area contributed by atoms with Gasteiger partial charge in [0.15, 0.2) is 9.84 Å². The molecule has 0 saturated carbocycles. The summed E-state index contributed by atoms with van der Waals surface area (Å²) in [5, 5.41) is 9.67. The van der Waals surface area contributed by atoms with Crippen molar-refractivity contribution in [2.75, 3.05) is 0 Å². The van der Waals surface area contributed by atoms with Crippen LogP contribution in [0.3, 0.4) is 0 Å². The van der Waals surface area contributed by atoms with E-state index in [4.69, 9.17) is 0 Å². The molecule has 2 aliphatic rings. The van der Waals surface area contributed by atoms with Crippen LogP contribution in [0.15, 0.2) is 24.3 Å². The number of aliphatic hydroxyl groups is 1. The molecule has 2 heterocycles. The van der Waals surface area contributed by atoms with Crippen molar-refractivity contribution in [3.63, 3.8) is 0 Å². The van der Waals surface area contributed by atoms with Gasteiger partial charge in [0, 0.05) is 5.56 Å². The standard InChI is InChI=1S/C14H16F2O3S/c15-13(16)9-2-1-3-10(6-9)14(17)7-11-4-5-12(8-14)20(11,18)19/h1-3,6,11-13,17H,4-5,7-8H2. The van der Waals surface area contributed by atoms with Gasteiger partial charge < -0.3 is 5.11 Å². The average molecular weight is 302 g/mol. The Morgan fingerprint density at radius 1 is 1.20 bits per heavy atom. The van der Waals surface area contributed by atoms with Crippen LogP contribution in [-0.2, 0) is 15.4 Å². The molecule has 2 atom stereocenters. The minimum Gasteiger partial charge on any atom is -0.385 e. The molecule has 0 aromatic heterocycles. The van der Waals surface area contributed by atoms with Crippen LogP contribution in [0.5, 0.6) is 0 Å². The van der Waals surface area contributed by atoms with E-state index in [0.29, 0.717) is 18.4 Å². The SMILES string of the molecule is O=S1(=O)C2CCC1CC(O)(c1cccc(C(F)F)c1)C2. The lowest BCUT2D eigenvalue weighted by molar-refractivity contribution is 0.0170. The van der Waals surface area contributed by atoms with Crippen LogP contribution >= 0.6 is 0 Å². The van der Waals surface area contributed by atoms with Crippen molar-refractivity contribution >= 4 is 9.84 Å². The van der Waals surface area contributed by atoms with Gasteiger partial charge >= 0.3 is 0 Å². The third-order valence-electron chi connectivity index (χ3n) is 4.55. The maximum Gasteiger partial charge on any atom is 0.263 e. The van der Waals surface area contributed by atoms with E-state index in [2.05, 4.69) is 0 Å². The first kappa shape index (κ1) is 13.9. The predicted molar refractivity (Wildman–Crippen MR) is 70.3 cm³/mol. The molecule has 0 radical (unpaired) electrons. The Morgan fingerprint density at radius 3 is 2.35 bits per heavy atom. The maximum absolute atomic E-state index is 12.8. The van der Waals surface area contributed by atoms with E-state index in [1.54, 1.807) is 6.07 Å². The Hall–Kier alpha value is -1.01. The summed E-state index contributed by atoms with van der Waals surface area (Å²) in [4.78, 5) is 0. The van der Waals surface area contributed by atoms with Gasteiger partial charge in [0.1, 0.15) is 0 Å². The Morgan fingerprint density at radius 2 is 1.80 bits per heavy atom. The number of hydrogen-bond donors (Lipinski definition) is 1. The molecule has 0 aliphatic carbocycles. The van der Waals surface area contributed by atoms with Crippen LogP contribution in [0.25, 0.3) is 0 Å². The molecule has 2 fully saturated rings. The molecule has 110 valence electrons. The maximum atomic E-state index is 12.8. The highest BCUT2D eigenvalue weighted by atomic mass is 32.2. The molecule has 0 amide bonds. The Bertz CT molecular complexity index is 607. The second-order valence-corrected chi connectivity index (χ2v) is 8.29. The number of sulfone groups is 1. The van der Waals surface area contributed by atoms with Crippen LogP contribution < -0.4 is 0 Å². The molecule has 2 unspecified atom stereocenters. The number of fused-ring (bicyclic) bond motifs is 2. The van der Waals surface area contributed by atoms with Crippen LogP contribution in [0, 0.1) is 0 Å². The van der Waals surface area contributed by atoms with Crippen molar-refractivity contribution in [2.45, 2.75) is 48.2 Å². The molecule has 1 aromatic rings. The highest BCUT2D eigenvalue weighted by molar-refractivity contribution is 7.93. The van der Waals surface area contributed by atoms with E-state index in [9.17, 15) is 22.3 Å². The van der Waals surface area contributed by atoms with Crippen molar-refractivity contribution in [2.24, 2.45) is 0 Å². The molecule has 2 bridgehead atoms. The molecule has 20 heavy (non-hydrogen) atoms. The van der Waals surface area contributed by atoms with E-state index < -0.39 is 32.4 Å². The van der Waals surface area contributed by atoms with E-state index in [1.165, 1.54) is 18.2 Å². The molecular weight excluding hydrogens is 286 g/mol. The topological polar surface area (TPSA) is 54.4 Å². The predicted octanol–water partition coefficient (Wildman–Crippen LogP) is 2.55. The third-order valence-corrected chi connectivity index (χ3v) is 7.21. The first-order valence-corrected chi connectivity index (χ1v) is 8.27. The van der Waals surface area contributed by atoms with Crippen LogP contribution in [0.1, 0.15) is 43.2 Å². The largest absolute Gasteiger partial charge is 0.385 e. The second kappa shape index (κ2) is 4.49. The first-order valence-electron chi connectivity index (χ1n) is 6.66. The summed E-state index contributed by atoms with van der Waals surface area (Å²) in [6.45, 7) is 0.